The van der Waals surface area contributed by atoms with Crippen LogP contribution in [0.15, 0.2) is 23.1 Å². The fourth-order valence-electron chi connectivity index (χ4n) is 3.99. The molecule has 1 aliphatic carbocycles. The molecule has 1 N–H and O–H groups in total. The van der Waals surface area contributed by atoms with E-state index in [4.69, 9.17) is 0 Å². The molecular weight excluding hydrogens is 416 g/mol. The van der Waals surface area contributed by atoms with E-state index in [0.717, 1.165) is 12.8 Å². The molecule has 2 fully saturated rings. The summed E-state index contributed by atoms with van der Waals surface area (Å²) in [5, 5.41) is 2.87. The quantitative estimate of drug-likeness (QED) is 0.653. The van der Waals surface area contributed by atoms with Crippen LogP contribution in [0.4, 0.5) is 5.69 Å². The van der Waals surface area contributed by atoms with Crippen molar-refractivity contribution >= 4 is 27.5 Å². The van der Waals surface area contributed by atoms with Gasteiger partial charge >= 0.3 is 0 Å². The number of nitrogens with zero attached hydrogens (tertiary/aromatic N) is 3. The highest BCUT2D eigenvalue weighted by Gasteiger charge is 2.35. The van der Waals surface area contributed by atoms with Gasteiger partial charge in [-0.3, -0.25) is 14.5 Å². The molecule has 0 spiro atoms. The minimum atomic E-state index is -3.61. The first kappa shape index (κ1) is 23.7. The van der Waals surface area contributed by atoms with Gasteiger partial charge in [0.1, 0.15) is 0 Å². The lowest BCUT2D eigenvalue weighted by Crippen LogP contribution is -2.54. The molecule has 2 aliphatic rings. The lowest BCUT2D eigenvalue weighted by Gasteiger charge is -2.37. The van der Waals surface area contributed by atoms with Crippen molar-refractivity contribution in [2.75, 3.05) is 44.6 Å². The van der Waals surface area contributed by atoms with Crippen LogP contribution in [0.25, 0.3) is 0 Å². The second kappa shape index (κ2) is 9.67. The largest absolute Gasteiger partial charge is 0.340 e. The Balaban J connectivity index is 1.64. The van der Waals surface area contributed by atoms with Crippen LogP contribution in [0.1, 0.15) is 39.2 Å². The number of aryl methyl sites for hydroxylation is 1. The number of sulfonamides is 1. The summed E-state index contributed by atoms with van der Waals surface area (Å²) in [7, 11) is -3.61. The molecule has 0 aromatic heterocycles. The van der Waals surface area contributed by atoms with Gasteiger partial charge in [-0.15, -0.1) is 0 Å². The molecule has 8 nitrogen and oxygen atoms in total. The molecule has 1 unspecified atom stereocenters. The molecule has 3 rings (SSSR count). The molecule has 0 radical (unpaired) electrons. The van der Waals surface area contributed by atoms with Crippen LogP contribution in [0.2, 0.25) is 0 Å². The maximum atomic E-state index is 12.9. The summed E-state index contributed by atoms with van der Waals surface area (Å²) in [4.78, 5) is 29.2. The third-order valence-electron chi connectivity index (χ3n) is 6.26. The van der Waals surface area contributed by atoms with Gasteiger partial charge in [0.05, 0.1) is 10.9 Å². The van der Waals surface area contributed by atoms with Gasteiger partial charge in [-0.25, -0.2) is 8.42 Å². The highest BCUT2D eigenvalue weighted by atomic mass is 32.2. The summed E-state index contributed by atoms with van der Waals surface area (Å²) in [6.45, 7) is 10.6. The molecule has 31 heavy (non-hydrogen) atoms. The van der Waals surface area contributed by atoms with Crippen molar-refractivity contribution in [3.05, 3.63) is 23.8 Å². The molecule has 1 atom stereocenters. The predicted molar refractivity (Wildman–Crippen MR) is 120 cm³/mol. The molecule has 2 amide bonds. The molecule has 0 bridgehead atoms. The number of anilines is 1. The fourth-order valence-corrected chi connectivity index (χ4v) is 5.70. The van der Waals surface area contributed by atoms with E-state index >= 15 is 0 Å². The molecule has 1 heterocycles. The van der Waals surface area contributed by atoms with Gasteiger partial charge in [0, 0.05) is 50.9 Å². The van der Waals surface area contributed by atoms with E-state index in [1.165, 1.54) is 4.31 Å². The fraction of sp³-hybridized carbons (Fsp3) is 0.636. The molecule has 1 aliphatic heterocycles. The first-order valence-corrected chi connectivity index (χ1v) is 12.6. The third kappa shape index (κ3) is 5.27. The first-order valence-electron chi connectivity index (χ1n) is 11.1. The third-order valence-corrected chi connectivity index (χ3v) is 8.45. The highest BCUT2D eigenvalue weighted by molar-refractivity contribution is 7.89. The van der Waals surface area contributed by atoms with Gasteiger partial charge in [0.2, 0.25) is 21.8 Å². The first-order chi connectivity index (χ1) is 14.7. The Hall–Kier alpha value is -1.97. The standard InChI is InChI=1S/C22H34N4O4S/c1-5-26(6-2)31(29,30)20-15-19(10-7-16(20)3)23-21(27)17(4)24-11-13-25(14-12-24)22(28)18-8-9-18/h7,10,15,17-18H,5-6,8-9,11-14H2,1-4H3,(H,23,27). The van der Waals surface area contributed by atoms with Crippen LogP contribution in [-0.2, 0) is 19.6 Å². The zero-order chi connectivity index (χ0) is 22.8. The molecule has 1 saturated carbocycles. The lowest BCUT2D eigenvalue weighted by atomic mass is 10.2. The molecule has 1 aromatic rings. The topological polar surface area (TPSA) is 90.0 Å². The van der Waals surface area contributed by atoms with E-state index < -0.39 is 10.0 Å². The molecule has 1 saturated heterocycles. The average molecular weight is 451 g/mol. The van der Waals surface area contributed by atoms with Crippen molar-refractivity contribution in [2.24, 2.45) is 5.92 Å². The molecule has 9 heteroatoms. The maximum Gasteiger partial charge on any atom is 0.243 e. The van der Waals surface area contributed by atoms with E-state index in [2.05, 4.69) is 10.2 Å². The number of carbonyl (C=O) groups is 2. The minimum absolute atomic E-state index is 0.183. The summed E-state index contributed by atoms with van der Waals surface area (Å²) in [5.41, 5.74) is 1.12. The zero-order valence-electron chi connectivity index (χ0n) is 18.9. The number of piperazine rings is 1. The normalized spacial score (nSPS) is 18.8. The average Bonchev–Trinajstić information content (AvgIpc) is 3.60. The molecule has 1 aromatic carbocycles. The van der Waals surface area contributed by atoms with Gasteiger partial charge in [-0.05, 0) is 44.4 Å². The van der Waals surface area contributed by atoms with Crippen molar-refractivity contribution in [1.29, 1.82) is 0 Å². The van der Waals surface area contributed by atoms with Gasteiger partial charge < -0.3 is 10.2 Å². The number of rotatable bonds is 8. The summed E-state index contributed by atoms with van der Waals surface area (Å²) in [5.74, 6) is 0.283. The second-order valence-electron chi connectivity index (χ2n) is 8.37. The minimum Gasteiger partial charge on any atom is -0.340 e. The number of carbonyl (C=O) groups excluding carboxylic acids is 2. The van der Waals surface area contributed by atoms with E-state index in [0.29, 0.717) is 50.5 Å². The number of amides is 2. The Morgan fingerprint density at radius 1 is 1.13 bits per heavy atom. The van der Waals surface area contributed by atoms with Crippen LogP contribution >= 0.6 is 0 Å². The van der Waals surface area contributed by atoms with E-state index in [1.807, 2.05) is 25.7 Å². The number of benzene rings is 1. The Bertz CT molecular complexity index is 917. The van der Waals surface area contributed by atoms with Crippen LogP contribution in [-0.4, -0.2) is 79.6 Å². The number of hydrogen-bond acceptors (Lipinski definition) is 5. The van der Waals surface area contributed by atoms with Crippen LogP contribution < -0.4 is 5.32 Å². The van der Waals surface area contributed by atoms with E-state index in [9.17, 15) is 18.0 Å². The summed E-state index contributed by atoms with van der Waals surface area (Å²) >= 11 is 0. The maximum absolute atomic E-state index is 12.9. The highest BCUT2D eigenvalue weighted by Crippen LogP contribution is 2.31. The number of nitrogens with one attached hydrogen (secondary N) is 1. The van der Waals surface area contributed by atoms with Crippen LogP contribution in [0.5, 0.6) is 0 Å². The monoisotopic (exact) mass is 450 g/mol. The van der Waals surface area contributed by atoms with Gasteiger partial charge in [0.25, 0.3) is 0 Å². The summed E-state index contributed by atoms with van der Waals surface area (Å²) in [6, 6.07) is 4.62. The SMILES string of the molecule is CCN(CC)S(=O)(=O)c1cc(NC(=O)C(C)N2CCN(C(=O)C3CC3)CC2)ccc1C. The van der Waals surface area contributed by atoms with Crippen molar-refractivity contribution < 1.29 is 18.0 Å². The summed E-state index contributed by atoms with van der Waals surface area (Å²) in [6.07, 6.45) is 2.00. The smallest absolute Gasteiger partial charge is 0.243 e. The Labute approximate surface area is 185 Å². The molecule has 172 valence electrons. The Kier molecular flexibility index (Phi) is 7.39. The number of hydrogen-bond donors (Lipinski definition) is 1. The van der Waals surface area contributed by atoms with Crippen molar-refractivity contribution in [3.8, 4) is 0 Å². The Morgan fingerprint density at radius 3 is 2.29 bits per heavy atom. The van der Waals surface area contributed by atoms with Gasteiger partial charge in [-0.1, -0.05) is 19.9 Å². The van der Waals surface area contributed by atoms with Gasteiger partial charge in [-0.2, -0.15) is 4.31 Å². The Morgan fingerprint density at radius 2 is 1.74 bits per heavy atom. The van der Waals surface area contributed by atoms with Crippen molar-refractivity contribution in [3.63, 3.8) is 0 Å². The van der Waals surface area contributed by atoms with Crippen molar-refractivity contribution in [2.45, 2.75) is 51.5 Å². The van der Waals surface area contributed by atoms with Crippen molar-refractivity contribution in [1.82, 2.24) is 14.1 Å². The van der Waals surface area contributed by atoms with Gasteiger partial charge in [0.15, 0.2) is 0 Å². The van der Waals surface area contributed by atoms with E-state index in [1.54, 1.807) is 25.1 Å². The molecular formula is C22H34N4O4S. The zero-order valence-corrected chi connectivity index (χ0v) is 19.7. The predicted octanol–water partition coefficient (Wildman–Crippen LogP) is 1.91. The lowest BCUT2D eigenvalue weighted by molar-refractivity contribution is -0.135. The van der Waals surface area contributed by atoms with E-state index in [-0.39, 0.29) is 28.7 Å². The second-order valence-corrected chi connectivity index (χ2v) is 10.3. The van der Waals surface area contributed by atoms with Crippen LogP contribution in [0.3, 0.4) is 0 Å². The summed E-state index contributed by atoms with van der Waals surface area (Å²) < 4.78 is 27.3. The van der Waals surface area contributed by atoms with Crippen LogP contribution in [0, 0.1) is 12.8 Å².